The van der Waals surface area contributed by atoms with Gasteiger partial charge in [-0.05, 0) is 20.5 Å². The zero-order valence-corrected chi connectivity index (χ0v) is 13.1. The number of nitrogens with one attached hydrogen (secondary N) is 1. The van der Waals surface area contributed by atoms with Gasteiger partial charge >= 0.3 is 0 Å². The van der Waals surface area contributed by atoms with Crippen molar-refractivity contribution in [3.05, 3.63) is 0 Å². The third kappa shape index (κ3) is 4.76. The van der Waals surface area contributed by atoms with Gasteiger partial charge in [-0.2, -0.15) is 0 Å². The number of hydrogen-bond acceptors (Lipinski definition) is 4. The molecule has 2 N–H and O–H groups in total. The van der Waals surface area contributed by atoms with E-state index in [0.29, 0.717) is 13.0 Å². The van der Waals surface area contributed by atoms with E-state index < -0.39 is 11.5 Å². The first-order chi connectivity index (χ1) is 9.11. The average Bonchev–Trinajstić information content (AvgIpc) is 2.64. The van der Waals surface area contributed by atoms with Gasteiger partial charge < -0.3 is 20.2 Å². The molecule has 1 rings (SSSR count). The minimum atomic E-state index is -0.506. The molecule has 2 atom stereocenters. The Bertz CT molecular complexity index is 363. The second kappa shape index (κ2) is 6.54. The number of carbonyl (C=O) groups excluding carboxylic acids is 2. The average molecular weight is 285 g/mol. The molecule has 1 fully saturated rings. The maximum Gasteiger partial charge on any atom is 0.242 e. The van der Waals surface area contributed by atoms with Crippen LogP contribution in [0.2, 0.25) is 0 Å². The maximum absolute atomic E-state index is 12.2. The van der Waals surface area contributed by atoms with Crippen LogP contribution >= 0.6 is 0 Å². The largest absolute Gasteiger partial charge is 0.391 e. The van der Waals surface area contributed by atoms with Crippen LogP contribution < -0.4 is 5.32 Å². The Balaban J connectivity index is 2.55. The Morgan fingerprint density at radius 1 is 1.35 bits per heavy atom. The maximum atomic E-state index is 12.2. The number of carbonyl (C=O) groups is 2. The Labute approximate surface area is 121 Å². The summed E-state index contributed by atoms with van der Waals surface area (Å²) in [6, 6.07) is 0.0130. The summed E-state index contributed by atoms with van der Waals surface area (Å²) in [5, 5.41) is 12.4. The van der Waals surface area contributed by atoms with Crippen LogP contribution in [-0.2, 0) is 9.59 Å². The molecule has 1 aliphatic heterocycles. The lowest BCUT2D eigenvalue weighted by molar-refractivity contribution is -0.136. The molecule has 2 unspecified atom stereocenters. The van der Waals surface area contributed by atoms with Gasteiger partial charge in [0.05, 0.1) is 12.6 Å². The van der Waals surface area contributed by atoms with Crippen molar-refractivity contribution in [2.75, 3.05) is 33.7 Å². The molecule has 0 radical (unpaired) electrons. The normalized spacial score (nSPS) is 23.2. The van der Waals surface area contributed by atoms with E-state index in [0.717, 1.165) is 6.54 Å². The molecule has 6 heteroatoms. The number of amides is 2. The number of aliphatic hydroxyl groups is 1. The molecule has 0 aromatic heterocycles. The monoisotopic (exact) mass is 285 g/mol. The van der Waals surface area contributed by atoms with Gasteiger partial charge in [0.1, 0.15) is 0 Å². The molecule has 0 aromatic carbocycles. The number of likely N-dealkylation sites (N-methyl/N-ethyl adjacent to an activating group) is 1. The predicted octanol–water partition coefficient (Wildman–Crippen LogP) is -0.328. The van der Waals surface area contributed by atoms with Gasteiger partial charge in [0.2, 0.25) is 11.8 Å². The fourth-order valence-corrected chi connectivity index (χ4v) is 2.31. The first kappa shape index (κ1) is 16.9. The van der Waals surface area contributed by atoms with Crippen molar-refractivity contribution in [2.24, 2.45) is 5.41 Å². The summed E-state index contributed by atoms with van der Waals surface area (Å²) in [6.07, 6.45) is 0.124. The lowest BCUT2D eigenvalue weighted by Crippen LogP contribution is -2.47. The summed E-state index contributed by atoms with van der Waals surface area (Å²) in [6.45, 7) is 6.48. The summed E-state index contributed by atoms with van der Waals surface area (Å²) in [5.74, 6) is -0.277. The van der Waals surface area contributed by atoms with Crippen LogP contribution in [0.15, 0.2) is 0 Å². The van der Waals surface area contributed by atoms with Gasteiger partial charge in [-0.15, -0.1) is 0 Å². The molecule has 20 heavy (non-hydrogen) atoms. The molecule has 0 aromatic rings. The highest BCUT2D eigenvalue weighted by Gasteiger charge is 2.34. The molecule has 0 bridgehead atoms. The zero-order valence-electron chi connectivity index (χ0n) is 13.1. The topological polar surface area (TPSA) is 72.9 Å². The van der Waals surface area contributed by atoms with E-state index in [1.54, 1.807) is 25.7 Å². The SMILES string of the molecule is CN(C)CC1CC(O)CN1C(=O)CNC(=O)C(C)(C)C. The molecular weight excluding hydrogens is 258 g/mol. The smallest absolute Gasteiger partial charge is 0.242 e. The van der Waals surface area contributed by atoms with E-state index in [9.17, 15) is 14.7 Å². The molecule has 0 spiro atoms. The number of rotatable bonds is 4. The van der Waals surface area contributed by atoms with E-state index in [4.69, 9.17) is 0 Å². The van der Waals surface area contributed by atoms with Gasteiger partial charge in [-0.1, -0.05) is 20.8 Å². The van der Waals surface area contributed by atoms with E-state index in [1.807, 2.05) is 19.0 Å². The highest BCUT2D eigenvalue weighted by atomic mass is 16.3. The third-order valence-corrected chi connectivity index (χ3v) is 3.37. The van der Waals surface area contributed by atoms with Gasteiger partial charge in [0.25, 0.3) is 0 Å². The molecule has 1 saturated heterocycles. The number of likely N-dealkylation sites (tertiary alicyclic amines) is 1. The molecule has 1 aliphatic rings. The van der Waals surface area contributed by atoms with Crippen molar-refractivity contribution in [3.63, 3.8) is 0 Å². The van der Waals surface area contributed by atoms with Crippen molar-refractivity contribution in [1.82, 2.24) is 15.1 Å². The predicted molar refractivity (Wildman–Crippen MR) is 77.1 cm³/mol. The zero-order chi connectivity index (χ0) is 15.5. The number of nitrogens with zero attached hydrogens (tertiary/aromatic N) is 2. The van der Waals surface area contributed by atoms with Crippen molar-refractivity contribution in [2.45, 2.75) is 39.3 Å². The fourth-order valence-electron chi connectivity index (χ4n) is 2.31. The van der Waals surface area contributed by atoms with E-state index in [-0.39, 0.29) is 24.4 Å². The standard InChI is InChI=1S/C14H27N3O3/c1-14(2,3)13(20)15-7-12(19)17-9-11(18)6-10(17)8-16(4)5/h10-11,18H,6-9H2,1-5H3,(H,15,20). The van der Waals surface area contributed by atoms with Crippen LogP contribution in [0, 0.1) is 5.41 Å². The summed E-state index contributed by atoms with van der Waals surface area (Å²) in [4.78, 5) is 27.6. The minimum absolute atomic E-state index is 0.00719. The van der Waals surface area contributed by atoms with Crippen molar-refractivity contribution in [3.8, 4) is 0 Å². The highest BCUT2D eigenvalue weighted by Crippen LogP contribution is 2.18. The second-order valence-electron chi connectivity index (χ2n) is 6.78. The van der Waals surface area contributed by atoms with Gasteiger partial charge in [-0.25, -0.2) is 0 Å². The lowest BCUT2D eigenvalue weighted by atomic mass is 9.96. The van der Waals surface area contributed by atoms with Gasteiger partial charge in [0, 0.05) is 24.5 Å². The molecular formula is C14H27N3O3. The van der Waals surface area contributed by atoms with Crippen molar-refractivity contribution < 1.29 is 14.7 Å². The first-order valence-electron chi connectivity index (χ1n) is 7.02. The summed E-state index contributed by atoms with van der Waals surface area (Å²) >= 11 is 0. The fraction of sp³-hybridized carbons (Fsp3) is 0.857. The Morgan fingerprint density at radius 2 is 1.95 bits per heavy atom. The highest BCUT2D eigenvalue weighted by molar-refractivity contribution is 5.87. The molecule has 0 aliphatic carbocycles. The Hall–Kier alpha value is -1.14. The van der Waals surface area contributed by atoms with Crippen LogP contribution in [0.4, 0.5) is 0 Å². The lowest BCUT2D eigenvalue weighted by Gasteiger charge is -2.27. The van der Waals surface area contributed by atoms with E-state index in [1.165, 1.54) is 0 Å². The Morgan fingerprint density at radius 3 is 2.45 bits per heavy atom. The van der Waals surface area contributed by atoms with E-state index in [2.05, 4.69) is 5.32 Å². The van der Waals surface area contributed by atoms with Crippen molar-refractivity contribution >= 4 is 11.8 Å². The van der Waals surface area contributed by atoms with E-state index >= 15 is 0 Å². The quantitative estimate of drug-likeness (QED) is 0.742. The summed E-state index contributed by atoms with van der Waals surface area (Å²) in [7, 11) is 3.88. The Kier molecular flexibility index (Phi) is 5.53. The molecule has 2 amide bonds. The van der Waals surface area contributed by atoms with Crippen LogP contribution in [0.3, 0.4) is 0 Å². The first-order valence-corrected chi connectivity index (χ1v) is 7.02. The van der Waals surface area contributed by atoms with Crippen LogP contribution in [0.5, 0.6) is 0 Å². The minimum Gasteiger partial charge on any atom is -0.391 e. The summed E-state index contributed by atoms with van der Waals surface area (Å²) < 4.78 is 0. The van der Waals surface area contributed by atoms with Gasteiger partial charge in [-0.3, -0.25) is 9.59 Å². The number of hydrogen-bond donors (Lipinski definition) is 2. The molecule has 1 heterocycles. The number of aliphatic hydroxyl groups excluding tert-OH is 1. The summed E-state index contributed by atoms with van der Waals surface area (Å²) in [5.41, 5.74) is -0.506. The molecule has 6 nitrogen and oxygen atoms in total. The van der Waals surface area contributed by atoms with Crippen LogP contribution in [-0.4, -0.2) is 72.6 Å². The van der Waals surface area contributed by atoms with Crippen LogP contribution in [0.25, 0.3) is 0 Å². The molecule has 0 saturated carbocycles. The second-order valence-corrected chi connectivity index (χ2v) is 6.78. The van der Waals surface area contributed by atoms with Gasteiger partial charge in [0.15, 0.2) is 0 Å². The molecule has 116 valence electrons. The number of β-amino-alcohol motifs (C(OH)–C–C–N with tert-alkyl or cyclic N) is 1. The van der Waals surface area contributed by atoms with Crippen LogP contribution in [0.1, 0.15) is 27.2 Å². The van der Waals surface area contributed by atoms with Crippen molar-refractivity contribution in [1.29, 1.82) is 0 Å². The third-order valence-electron chi connectivity index (χ3n) is 3.37.